The Morgan fingerprint density at radius 2 is 1.50 bits per heavy atom. The van der Waals surface area contributed by atoms with Crippen LogP contribution in [0.3, 0.4) is 0 Å². The van der Waals surface area contributed by atoms with Crippen LogP contribution in [0.4, 0.5) is 4.39 Å². The molecule has 3 heteroatoms. The second-order valence-electron chi connectivity index (χ2n) is 5.35. The third kappa shape index (κ3) is 2.79. The summed E-state index contributed by atoms with van der Waals surface area (Å²) in [6.07, 6.45) is 0. The molecule has 20 heavy (non-hydrogen) atoms. The highest BCUT2D eigenvalue weighted by Crippen LogP contribution is 2.31. The first-order valence-electron chi connectivity index (χ1n) is 6.60. The van der Waals surface area contributed by atoms with Crippen LogP contribution in [0.25, 0.3) is 0 Å². The Labute approximate surface area is 128 Å². The van der Waals surface area contributed by atoms with Crippen LogP contribution in [0.2, 0.25) is 0 Å². The summed E-state index contributed by atoms with van der Waals surface area (Å²) in [5.74, 6) is -0.274. The molecular weight excluding hydrogens is 317 g/mol. The number of aryl methyl sites for hydroxylation is 2. The quantitative estimate of drug-likeness (QED) is 0.832. The maximum Gasteiger partial charge on any atom is 0.124 e. The summed E-state index contributed by atoms with van der Waals surface area (Å²) >= 11 is 3.32. The minimum absolute atomic E-state index is 0.274. The van der Waals surface area contributed by atoms with Gasteiger partial charge in [-0.15, -0.1) is 0 Å². The zero-order valence-electron chi connectivity index (χ0n) is 12.2. The van der Waals surface area contributed by atoms with Gasteiger partial charge in [0.25, 0.3) is 0 Å². The lowest BCUT2D eigenvalue weighted by atomic mass is 9.87. The van der Waals surface area contributed by atoms with Gasteiger partial charge in [-0.05, 0) is 79.3 Å². The molecule has 0 bridgehead atoms. The number of nitrogens with two attached hydrogens (primary N) is 1. The van der Waals surface area contributed by atoms with Gasteiger partial charge in [0.1, 0.15) is 5.82 Å². The molecule has 0 aliphatic heterocycles. The molecule has 0 saturated carbocycles. The minimum Gasteiger partial charge on any atom is -0.320 e. The van der Waals surface area contributed by atoms with E-state index in [1.165, 1.54) is 34.4 Å². The minimum atomic E-state index is -0.319. The first-order chi connectivity index (χ1) is 9.31. The van der Waals surface area contributed by atoms with Gasteiger partial charge in [0.15, 0.2) is 0 Å². The van der Waals surface area contributed by atoms with Gasteiger partial charge in [-0.1, -0.05) is 22.0 Å². The Morgan fingerprint density at radius 1 is 0.950 bits per heavy atom. The van der Waals surface area contributed by atoms with Gasteiger partial charge in [0, 0.05) is 4.47 Å². The molecule has 0 aliphatic carbocycles. The van der Waals surface area contributed by atoms with Crippen LogP contribution in [0.1, 0.15) is 39.4 Å². The fraction of sp³-hybridized carbons (Fsp3) is 0.294. The van der Waals surface area contributed by atoms with E-state index in [1.54, 1.807) is 0 Å². The average molecular weight is 336 g/mol. The molecular formula is C17H19BrFN. The smallest absolute Gasteiger partial charge is 0.124 e. The molecule has 2 aromatic rings. The van der Waals surface area contributed by atoms with Crippen molar-refractivity contribution in [2.75, 3.05) is 0 Å². The largest absolute Gasteiger partial charge is 0.320 e. The summed E-state index contributed by atoms with van der Waals surface area (Å²) in [6.45, 7) is 8.32. The van der Waals surface area contributed by atoms with Crippen molar-refractivity contribution in [2.45, 2.75) is 33.7 Å². The summed E-state index contributed by atoms with van der Waals surface area (Å²) in [4.78, 5) is 0. The van der Waals surface area contributed by atoms with Crippen molar-refractivity contribution in [3.63, 3.8) is 0 Å². The molecule has 0 spiro atoms. The van der Waals surface area contributed by atoms with E-state index >= 15 is 0 Å². The predicted octanol–water partition coefficient (Wildman–Crippen LogP) is 4.87. The van der Waals surface area contributed by atoms with Crippen molar-refractivity contribution in [1.82, 2.24) is 0 Å². The van der Waals surface area contributed by atoms with E-state index in [-0.39, 0.29) is 11.9 Å². The van der Waals surface area contributed by atoms with E-state index in [0.29, 0.717) is 4.47 Å². The van der Waals surface area contributed by atoms with Crippen molar-refractivity contribution in [3.05, 3.63) is 67.9 Å². The molecule has 2 N–H and O–H groups in total. The molecule has 1 nitrogen and oxygen atoms in total. The van der Waals surface area contributed by atoms with E-state index < -0.39 is 0 Å². The Bertz CT molecular complexity index is 618. The fourth-order valence-electron chi connectivity index (χ4n) is 2.64. The molecule has 0 radical (unpaired) electrons. The van der Waals surface area contributed by atoms with Crippen molar-refractivity contribution < 1.29 is 4.39 Å². The molecule has 0 aliphatic rings. The lowest BCUT2D eigenvalue weighted by Crippen LogP contribution is -2.16. The first kappa shape index (κ1) is 15.2. The second-order valence-corrected chi connectivity index (χ2v) is 6.27. The van der Waals surface area contributed by atoms with Gasteiger partial charge in [0.05, 0.1) is 6.04 Å². The van der Waals surface area contributed by atoms with Gasteiger partial charge in [-0.2, -0.15) is 0 Å². The first-order valence-corrected chi connectivity index (χ1v) is 7.39. The maximum atomic E-state index is 13.6. The molecule has 0 fully saturated rings. The topological polar surface area (TPSA) is 26.0 Å². The fourth-order valence-corrected chi connectivity index (χ4v) is 3.12. The molecule has 2 aromatic carbocycles. The molecule has 106 valence electrons. The highest BCUT2D eigenvalue weighted by molar-refractivity contribution is 9.10. The summed E-state index contributed by atoms with van der Waals surface area (Å²) in [6, 6.07) is 6.68. The number of hydrogen-bond acceptors (Lipinski definition) is 1. The molecule has 0 heterocycles. The zero-order valence-corrected chi connectivity index (χ0v) is 13.8. The zero-order chi connectivity index (χ0) is 15.0. The van der Waals surface area contributed by atoms with Crippen molar-refractivity contribution in [3.8, 4) is 0 Å². The number of hydrogen-bond donors (Lipinski definition) is 1. The highest BCUT2D eigenvalue weighted by Gasteiger charge is 2.18. The van der Waals surface area contributed by atoms with E-state index in [1.807, 2.05) is 6.07 Å². The van der Waals surface area contributed by atoms with E-state index in [4.69, 9.17) is 5.73 Å². The van der Waals surface area contributed by atoms with Crippen molar-refractivity contribution in [1.29, 1.82) is 0 Å². The van der Waals surface area contributed by atoms with Crippen LogP contribution >= 0.6 is 15.9 Å². The molecule has 0 amide bonds. The molecule has 2 rings (SSSR count). The maximum absolute atomic E-state index is 13.6. The molecule has 1 unspecified atom stereocenters. The summed E-state index contributed by atoms with van der Waals surface area (Å²) < 4.78 is 14.3. The Balaban J connectivity index is 2.61. The van der Waals surface area contributed by atoms with Gasteiger partial charge in [0.2, 0.25) is 0 Å². The Hall–Kier alpha value is -1.19. The monoisotopic (exact) mass is 335 g/mol. The molecule has 1 atom stereocenters. The standard InChI is InChI=1S/C17H19BrFN/c1-9-5-10(2)12(4)16(11(9)3)17(20)13-6-14(18)8-15(19)7-13/h5-8,17H,20H2,1-4H3. The van der Waals surface area contributed by atoms with E-state index in [0.717, 1.165) is 11.1 Å². The Kier molecular flexibility index (Phi) is 4.31. The van der Waals surface area contributed by atoms with Crippen molar-refractivity contribution >= 4 is 15.9 Å². The number of benzene rings is 2. The normalized spacial score (nSPS) is 12.6. The average Bonchev–Trinajstić information content (AvgIpc) is 2.35. The summed E-state index contributed by atoms with van der Waals surface area (Å²) in [7, 11) is 0. The van der Waals surface area contributed by atoms with Crippen LogP contribution in [-0.4, -0.2) is 0 Å². The van der Waals surface area contributed by atoms with E-state index in [2.05, 4.69) is 49.7 Å². The van der Waals surface area contributed by atoms with Crippen LogP contribution in [0.5, 0.6) is 0 Å². The summed E-state index contributed by atoms with van der Waals surface area (Å²) in [5, 5.41) is 0. The van der Waals surface area contributed by atoms with Crippen LogP contribution in [0, 0.1) is 33.5 Å². The van der Waals surface area contributed by atoms with Crippen LogP contribution < -0.4 is 5.73 Å². The highest BCUT2D eigenvalue weighted by atomic mass is 79.9. The van der Waals surface area contributed by atoms with Gasteiger partial charge >= 0.3 is 0 Å². The third-order valence-corrected chi connectivity index (χ3v) is 4.44. The van der Waals surface area contributed by atoms with Gasteiger partial charge < -0.3 is 5.73 Å². The van der Waals surface area contributed by atoms with Gasteiger partial charge in [-0.3, -0.25) is 0 Å². The number of rotatable bonds is 2. The lowest BCUT2D eigenvalue weighted by Gasteiger charge is -2.21. The second kappa shape index (κ2) is 5.66. The predicted molar refractivity (Wildman–Crippen MR) is 85.5 cm³/mol. The van der Waals surface area contributed by atoms with Crippen LogP contribution in [-0.2, 0) is 0 Å². The number of halogens is 2. The van der Waals surface area contributed by atoms with Gasteiger partial charge in [-0.25, -0.2) is 4.39 Å². The molecule has 0 aromatic heterocycles. The third-order valence-electron chi connectivity index (χ3n) is 3.98. The SMILES string of the molecule is Cc1cc(C)c(C)c(C(N)c2cc(F)cc(Br)c2)c1C. The summed E-state index contributed by atoms with van der Waals surface area (Å²) in [5.41, 5.74) is 13.1. The van der Waals surface area contributed by atoms with Crippen LogP contribution in [0.15, 0.2) is 28.7 Å². The van der Waals surface area contributed by atoms with Crippen molar-refractivity contribution in [2.24, 2.45) is 5.73 Å². The van der Waals surface area contributed by atoms with E-state index in [9.17, 15) is 4.39 Å². The Morgan fingerprint density at radius 3 is 2.00 bits per heavy atom. The lowest BCUT2D eigenvalue weighted by molar-refractivity contribution is 0.622. The molecule has 0 saturated heterocycles.